The molecular weight excluding hydrogens is 733 g/mol. The van der Waals surface area contributed by atoms with Crippen molar-refractivity contribution in [1.29, 1.82) is 0 Å². The van der Waals surface area contributed by atoms with Gasteiger partial charge >= 0.3 is 0 Å². The third kappa shape index (κ3) is 15.8. The number of anilines is 2. The molecule has 2 aliphatic heterocycles. The van der Waals surface area contributed by atoms with Crippen molar-refractivity contribution in [2.45, 2.75) is 0 Å². The van der Waals surface area contributed by atoms with Gasteiger partial charge in [-0.3, -0.25) is 0 Å². The molecule has 10 nitrogen and oxygen atoms in total. The summed E-state index contributed by atoms with van der Waals surface area (Å²) in [5.74, 6) is 0. The lowest BCUT2D eigenvalue weighted by Gasteiger charge is -2.25. The molecule has 0 amide bonds. The van der Waals surface area contributed by atoms with Gasteiger partial charge in [-0.05, 0) is 57.6 Å². The lowest BCUT2D eigenvalue weighted by molar-refractivity contribution is 0.00206. The third-order valence-corrected chi connectivity index (χ3v) is 9.86. The van der Waals surface area contributed by atoms with Gasteiger partial charge in [0.15, 0.2) is 0 Å². The van der Waals surface area contributed by atoms with Crippen molar-refractivity contribution in [1.82, 2.24) is 0 Å². The Hall–Kier alpha value is -4.36. The van der Waals surface area contributed by atoms with Crippen LogP contribution in [0.15, 0.2) is 97.1 Å². The Morgan fingerprint density at radius 3 is 0.707 bits per heavy atom. The molecule has 4 aromatic carbocycles. The van der Waals surface area contributed by atoms with Crippen LogP contribution in [-0.4, -0.2) is 132 Å². The zero-order valence-electron chi connectivity index (χ0n) is 33.8. The van der Waals surface area contributed by atoms with Crippen molar-refractivity contribution in [3.05, 3.63) is 119 Å². The topological polar surface area (TPSA) is 80.3 Å². The molecule has 2 saturated heterocycles. The van der Waals surface area contributed by atoms with Gasteiger partial charge in [-0.1, -0.05) is 97.1 Å². The first kappa shape index (κ1) is 43.2. The van der Waals surface area contributed by atoms with Crippen LogP contribution in [0.2, 0.25) is 0 Å². The molecule has 2 fully saturated rings. The summed E-state index contributed by atoms with van der Waals surface area (Å²) in [6.07, 6.45) is 8.63. The highest BCUT2D eigenvalue weighted by atomic mass is 16.6. The molecule has 0 spiro atoms. The Morgan fingerprint density at radius 1 is 0.259 bits per heavy atom. The molecule has 0 radical (unpaired) electrons. The zero-order valence-corrected chi connectivity index (χ0v) is 33.8. The van der Waals surface area contributed by atoms with Gasteiger partial charge in [0.25, 0.3) is 0 Å². The van der Waals surface area contributed by atoms with Crippen molar-refractivity contribution in [3.8, 4) is 11.1 Å². The molecule has 0 saturated carbocycles. The molecule has 0 aromatic heterocycles. The first-order valence-corrected chi connectivity index (χ1v) is 20.7. The Kier molecular flexibility index (Phi) is 19.3. The second-order valence-corrected chi connectivity index (χ2v) is 14.0. The molecule has 2 heterocycles. The van der Waals surface area contributed by atoms with Crippen LogP contribution in [-0.2, 0) is 37.9 Å². The largest absolute Gasteiger partial charge is 0.377 e. The Labute approximate surface area is 344 Å². The van der Waals surface area contributed by atoms with Crippen molar-refractivity contribution < 1.29 is 37.9 Å². The third-order valence-electron chi connectivity index (χ3n) is 9.86. The van der Waals surface area contributed by atoms with Gasteiger partial charge in [0.1, 0.15) is 0 Å². The minimum Gasteiger partial charge on any atom is -0.377 e. The molecule has 0 atom stereocenters. The molecule has 2 aliphatic rings. The molecule has 58 heavy (non-hydrogen) atoms. The lowest BCUT2D eigenvalue weighted by atomic mass is 10.0. The summed E-state index contributed by atoms with van der Waals surface area (Å²) in [6, 6.07) is 34.7. The number of benzene rings is 4. The van der Waals surface area contributed by atoms with Crippen LogP contribution in [0, 0.1) is 0 Å². The van der Waals surface area contributed by atoms with Crippen LogP contribution >= 0.6 is 0 Å². The minimum absolute atomic E-state index is 0.579. The first-order valence-electron chi connectivity index (χ1n) is 20.7. The van der Waals surface area contributed by atoms with E-state index in [0.717, 1.165) is 59.8 Å². The highest BCUT2D eigenvalue weighted by Gasteiger charge is 2.09. The van der Waals surface area contributed by atoms with Gasteiger partial charge in [-0.25, -0.2) is 0 Å². The van der Waals surface area contributed by atoms with Gasteiger partial charge < -0.3 is 47.7 Å². The number of hydrogen-bond donors (Lipinski definition) is 0. The lowest BCUT2D eigenvalue weighted by Crippen LogP contribution is -2.31. The fourth-order valence-corrected chi connectivity index (χ4v) is 6.51. The summed E-state index contributed by atoms with van der Waals surface area (Å²) >= 11 is 0. The van der Waals surface area contributed by atoms with E-state index in [-0.39, 0.29) is 0 Å². The molecule has 0 bridgehead atoms. The second kappa shape index (κ2) is 25.9. The molecule has 0 aliphatic carbocycles. The van der Waals surface area contributed by atoms with E-state index in [1.54, 1.807) is 0 Å². The van der Waals surface area contributed by atoms with Crippen molar-refractivity contribution >= 4 is 35.7 Å². The number of hydrogen-bond acceptors (Lipinski definition) is 10. The first-order chi connectivity index (χ1) is 28.8. The predicted octanol–water partition coefficient (Wildman–Crippen LogP) is 7.47. The van der Waals surface area contributed by atoms with Crippen LogP contribution in [0.4, 0.5) is 11.4 Å². The van der Waals surface area contributed by atoms with Crippen LogP contribution < -0.4 is 9.80 Å². The van der Waals surface area contributed by atoms with Crippen LogP contribution in [0.3, 0.4) is 0 Å². The second-order valence-electron chi connectivity index (χ2n) is 14.0. The predicted molar refractivity (Wildman–Crippen MR) is 234 cm³/mol. The summed E-state index contributed by atoms with van der Waals surface area (Å²) in [5, 5.41) is 0. The molecule has 310 valence electrons. The highest BCUT2D eigenvalue weighted by Crippen LogP contribution is 2.23. The van der Waals surface area contributed by atoms with Gasteiger partial charge in [0.2, 0.25) is 0 Å². The zero-order chi connectivity index (χ0) is 39.7. The van der Waals surface area contributed by atoms with Gasteiger partial charge in [-0.15, -0.1) is 0 Å². The molecule has 0 N–H and O–H groups in total. The number of nitrogens with zero attached hydrogens (tertiary/aromatic N) is 2. The number of ether oxygens (including phenoxy) is 8. The average Bonchev–Trinajstić information content (AvgIpc) is 3.29. The van der Waals surface area contributed by atoms with E-state index in [9.17, 15) is 0 Å². The van der Waals surface area contributed by atoms with E-state index in [1.165, 1.54) is 11.1 Å². The molecule has 0 unspecified atom stereocenters. The van der Waals surface area contributed by atoms with E-state index >= 15 is 0 Å². The average molecular weight is 793 g/mol. The van der Waals surface area contributed by atoms with E-state index in [0.29, 0.717) is 106 Å². The summed E-state index contributed by atoms with van der Waals surface area (Å²) in [6.45, 7) is 12.7. The SMILES string of the molecule is C(=C\c1ccc(N2CCOCCOCCOCCOCC2)cc1)/c1ccc(-c2ccc(/C=C/c3ccc(N4CCOCCOCCOCCOCC4)cc3)cc2)cc1. The van der Waals surface area contributed by atoms with Crippen LogP contribution in [0.5, 0.6) is 0 Å². The Balaban J connectivity index is 0.974. The summed E-state index contributed by atoms with van der Waals surface area (Å²) in [5.41, 5.74) is 9.29. The van der Waals surface area contributed by atoms with E-state index in [4.69, 9.17) is 37.9 Å². The van der Waals surface area contributed by atoms with Crippen LogP contribution in [0.1, 0.15) is 22.3 Å². The minimum atomic E-state index is 0.579. The molecular formula is C48H60N2O8. The highest BCUT2D eigenvalue weighted by molar-refractivity contribution is 5.75. The Bertz CT molecular complexity index is 1580. The fourth-order valence-electron chi connectivity index (χ4n) is 6.51. The quantitative estimate of drug-likeness (QED) is 0.176. The van der Waals surface area contributed by atoms with Gasteiger partial charge in [0, 0.05) is 37.6 Å². The maximum absolute atomic E-state index is 5.80. The van der Waals surface area contributed by atoms with Crippen molar-refractivity contribution in [3.63, 3.8) is 0 Å². The van der Waals surface area contributed by atoms with E-state index in [2.05, 4.69) is 131 Å². The summed E-state index contributed by atoms with van der Waals surface area (Å²) in [7, 11) is 0. The molecule has 6 rings (SSSR count). The van der Waals surface area contributed by atoms with Gasteiger partial charge in [0.05, 0.1) is 106 Å². The summed E-state index contributed by atoms with van der Waals surface area (Å²) < 4.78 is 45.4. The molecule has 4 aromatic rings. The van der Waals surface area contributed by atoms with Crippen molar-refractivity contribution in [2.24, 2.45) is 0 Å². The summed E-state index contributed by atoms with van der Waals surface area (Å²) in [4.78, 5) is 4.61. The monoisotopic (exact) mass is 792 g/mol. The molecule has 10 heteroatoms. The normalized spacial score (nSPS) is 18.6. The van der Waals surface area contributed by atoms with E-state index in [1.807, 2.05) is 0 Å². The standard InChI is InChI=1S/C48H60N2O8/c1(3-43-9-17-47(18-10-43)49-21-25-51-29-33-55-37-38-56-34-30-52-26-22-49)41-5-13-45(14-6-41)46-15-7-42(8-16-46)2-4-44-11-19-48(20-12-44)50-23-27-53-31-35-57-39-40-58-36-32-54-28-24-50/h1-20H,21-40H2/b3-1+,4-2+. The van der Waals surface area contributed by atoms with Crippen LogP contribution in [0.25, 0.3) is 35.4 Å². The maximum atomic E-state index is 5.80. The smallest absolute Gasteiger partial charge is 0.0701 e. The number of rotatable bonds is 7. The Morgan fingerprint density at radius 2 is 0.466 bits per heavy atom. The van der Waals surface area contributed by atoms with Gasteiger partial charge in [-0.2, -0.15) is 0 Å². The maximum Gasteiger partial charge on any atom is 0.0701 e. The fraction of sp³-hybridized carbons (Fsp3) is 0.417. The van der Waals surface area contributed by atoms with Crippen molar-refractivity contribution in [2.75, 3.05) is 142 Å². The van der Waals surface area contributed by atoms with E-state index < -0.39 is 0 Å².